The van der Waals surface area contributed by atoms with Crippen LogP contribution < -0.4 is 10.1 Å². The Balaban J connectivity index is 1.55. The van der Waals surface area contributed by atoms with Crippen LogP contribution in [0.2, 0.25) is 5.02 Å². The minimum Gasteiger partial charge on any atom is -0.484 e. The Bertz CT molecular complexity index is 736. The van der Waals surface area contributed by atoms with Crippen LogP contribution >= 0.6 is 35.1 Å². The van der Waals surface area contributed by atoms with Gasteiger partial charge in [0.05, 0.1) is 15.3 Å². The molecule has 1 heterocycles. The van der Waals surface area contributed by atoms with Gasteiger partial charge in [0.15, 0.2) is 6.61 Å². The molecule has 3 nitrogen and oxygen atoms in total. The normalized spacial score (nSPS) is 14.5. The van der Waals surface area contributed by atoms with Crippen LogP contribution in [0.3, 0.4) is 0 Å². The van der Waals surface area contributed by atoms with E-state index in [1.165, 1.54) is 17.1 Å². The molecule has 2 aromatic carbocycles. The van der Waals surface area contributed by atoms with Gasteiger partial charge in [0.1, 0.15) is 5.75 Å². The Hall–Kier alpha value is -1.30. The highest BCUT2D eigenvalue weighted by Crippen LogP contribution is 2.45. The van der Waals surface area contributed by atoms with Gasteiger partial charge in [-0.2, -0.15) is 0 Å². The first-order chi connectivity index (χ1) is 12.0. The number of amides is 1. The van der Waals surface area contributed by atoms with E-state index in [0.717, 1.165) is 11.1 Å². The molecule has 0 atom stereocenters. The molecule has 1 N–H and O–H groups in total. The number of aryl methyl sites for hydroxylation is 2. The zero-order chi connectivity index (χ0) is 17.8. The lowest BCUT2D eigenvalue weighted by Gasteiger charge is -2.13. The van der Waals surface area contributed by atoms with Crippen LogP contribution in [0.25, 0.3) is 0 Å². The number of carbonyl (C=O) groups excluding carboxylic acids is 1. The van der Waals surface area contributed by atoms with Gasteiger partial charge in [0.2, 0.25) is 0 Å². The molecular weight excluding hydrogens is 374 g/mol. The lowest BCUT2D eigenvalue weighted by Crippen LogP contribution is -2.21. The van der Waals surface area contributed by atoms with Crippen LogP contribution in [0.15, 0.2) is 36.4 Å². The number of anilines is 1. The molecule has 0 aromatic heterocycles. The van der Waals surface area contributed by atoms with Gasteiger partial charge in [-0.05, 0) is 48.7 Å². The highest BCUT2D eigenvalue weighted by Gasteiger charge is 2.18. The van der Waals surface area contributed by atoms with Crippen molar-refractivity contribution in [3.05, 3.63) is 58.1 Å². The number of hydrogen-bond donors (Lipinski definition) is 1. The van der Waals surface area contributed by atoms with E-state index in [1.54, 1.807) is 0 Å². The van der Waals surface area contributed by atoms with Crippen molar-refractivity contribution in [2.24, 2.45) is 0 Å². The minimum absolute atomic E-state index is 0.0457. The first kappa shape index (κ1) is 18.5. The Morgan fingerprint density at radius 1 is 1.20 bits per heavy atom. The van der Waals surface area contributed by atoms with Crippen molar-refractivity contribution in [2.75, 3.05) is 23.4 Å². The van der Waals surface area contributed by atoms with E-state index < -0.39 is 0 Å². The van der Waals surface area contributed by atoms with Crippen molar-refractivity contribution < 1.29 is 9.53 Å². The summed E-state index contributed by atoms with van der Waals surface area (Å²) in [5.41, 5.74) is 3.95. The molecule has 132 valence electrons. The Morgan fingerprint density at radius 3 is 2.52 bits per heavy atom. The average Bonchev–Trinajstić information content (AvgIpc) is 3.11. The molecule has 0 radical (unpaired) electrons. The molecular formula is C19H20ClNO2S2. The second kappa shape index (κ2) is 8.39. The quantitative estimate of drug-likeness (QED) is 0.732. The van der Waals surface area contributed by atoms with Crippen molar-refractivity contribution in [1.29, 1.82) is 0 Å². The summed E-state index contributed by atoms with van der Waals surface area (Å²) in [6.45, 7) is 3.85. The number of ether oxygens (including phenoxy) is 1. The summed E-state index contributed by atoms with van der Waals surface area (Å²) in [5, 5.41) is 3.37. The third-order valence-corrected chi connectivity index (χ3v) is 7.24. The summed E-state index contributed by atoms with van der Waals surface area (Å²) in [5.74, 6) is 2.88. The van der Waals surface area contributed by atoms with Crippen molar-refractivity contribution in [2.45, 2.75) is 18.4 Å². The number of hydrogen-bond acceptors (Lipinski definition) is 4. The summed E-state index contributed by atoms with van der Waals surface area (Å²) in [7, 11) is 0. The van der Waals surface area contributed by atoms with Gasteiger partial charge in [0, 0.05) is 11.5 Å². The average molecular weight is 394 g/mol. The van der Waals surface area contributed by atoms with Crippen LogP contribution in [0.5, 0.6) is 5.75 Å². The Morgan fingerprint density at radius 2 is 1.88 bits per heavy atom. The van der Waals surface area contributed by atoms with Gasteiger partial charge >= 0.3 is 0 Å². The fourth-order valence-corrected chi connectivity index (χ4v) is 5.90. The molecule has 0 saturated carbocycles. The molecule has 6 heteroatoms. The van der Waals surface area contributed by atoms with Gasteiger partial charge in [-0.1, -0.05) is 29.8 Å². The van der Waals surface area contributed by atoms with Crippen LogP contribution in [0.4, 0.5) is 5.69 Å². The van der Waals surface area contributed by atoms with Gasteiger partial charge in [-0.3, -0.25) is 4.79 Å². The second-order valence-corrected chi connectivity index (χ2v) is 9.05. The summed E-state index contributed by atoms with van der Waals surface area (Å²) in [6.07, 6.45) is 0. The van der Waals surface area contributed by atoms with Gasteiger partial charge in [0.25, 0.3) is 5.91 Å². The van der Waals surface area contributed by atoms with Crippen molar-refractivity contribution in [3.63, 3.8) is 0 Å². The van der Waals surface area contributed by atoms with E-state index >= 15 is 0 Å². The van der Waals surface area contributed by atoms with E-state index in [1.807, 2.05) is 61.6 Å². The first-order valence-corrected chi connectivity index (χ1v) is 10.5. The third kappa shape index (κ3) is 4.87. The second-order valence-electron chi connectivity index (χ2n) is 5.92. The van der Waals surface area contributed by atoms with Crippen molar-refractivity contribution in [1.82, 2.24) is 0 Å². The number of carbonyl (C=O) groups is 1. The van der Waals surface area contributed by atoms with Gasteiger partial charge in [-0.15, -0.1) is 23.5 Å². The molecule has 25 heavy (non-hydrogen) atoms. The van der Waals surface area contributed by atoms with Gasteiger partial charge in [-0.25, -0.2) is 0 Å². The maximum Gasteiger partial charge on any atom is 0.262 e. The van der Waals surface area contributed by atoms with Crippen molar-refractivity contribution >= 4 is 46.7 Å². The summed E-state index contributed by atoms with van der Waals surface area (Å²) in [4.78, 5) is 12.1. The van der Waals surface area contributed by atoms with E-state index in [4.69, 9.17) is 16.3 Å². The van der Waals surface area contributed by atoms with E-state index in [9.17, 15) is 4.79 Å². The number of thioether (sulfide) groups is 2. The van der Waals surface area contributed by atoms with Crippen LogP contribution in [-0.4, -0.2) is 24.0 Å². The number of nitrogens with one attached hydrogen (secondary N) is 1. The molecule has 2 aromatic rings. The summed E-state index contributed by atoms with van der Waals surface area (Å²) < 4.78 is 6.11. The standard InChI is InChI=1S/C19H20ClNO2S2/c1-12-9-13(2)18(16(20)10-12)21-17(22)11-23-15-5-3-14(4-6-15)19-24-7-8-25-19/h3-6,9-10,19H,7-8,11H2,1-2H3,(H,21,22). The van der Waals surface area contributed by atoms with Crippen molar-refractivity contribution in [3.8, 4) is 5.75 Å². The van der Waals surface area contributed by atoms with Crippen LogP contribution in [0, 0.1) is 13.8 Å². The smallest absolute Gasteiger partial charge is 0.262 e. The maximum absolute atomic E-state index is 12.1. The number of benzene rings is 2. The van der Waals surface area contributed by atoms with E-state index in [2.05, 4.69) is 17.4 Å². The Labute approximate surface area is 161 Å². The highest BCUT2D eigenvalue weighted by atomic mass is 35.5. The molecule has 1 saturated heterocycles. The molecule has 0 aliphatic carbocycles. The monoisotopic (exact) mass is 393 g/mol. The molecule has 0 unspecified atom stereocenters. The zero-order valence-electron chi connectivity index (χ0n) is 14.2. The Kier molecular flexibility index (Phi) is 6.20. The van der Waals surface area contributed by atoms with Crippen LogP contribution in [0.1, 0.15) is 21.3 Å². The fourth-order valence-electron chi connectivity index (χ4n) is 2.67. The SMILES string of the molecule is Cc1cc(C)c(NC(=O)COc2ccc(C3SCCS3)cc2)c(Cl)c1. The predicted octanol–water partition coefficient (Wildman–Crippen LogP) is 5.45. The molecule has 1 fully saturated rings. The third-order valence-electron chi connectivity index (χ3n) is 3.84. The predicted molar refractivity (Wildman–Crippen MR) is 109 cm³/mol. The molecule has 1 aliphatic rings. The highest BCUT2D eigenvalue weighted by molar-refractivity contribution is 8.19. The topological polar surface area (TPSA) is 38.3 Å². The van der Waals surface area contributed by atoms with Crippen LogP contribution in [-0.2, 0) is 4.79 Å². The minimum atomic E-state index is -0.222. The molecule has 3 rings (SSSR count). The lowest BCUT2D eigenvalue weighted by atomic mass is 10.1. The molecule has 1 amide bonds. The number of rotatable bonds is 5. The van der Waals surface area contributed by atoms with E-state index in [-0.39, 0.29) is 12.5 Å². The lowest BCUT2D eigenvalue weighted by molar-refractivity contribution is -0.118. The summed E-state index contributed by atoms with van der Waals surface area (Å²) >= 11 is 10.2. The molecule has 0 bridgehead atoms. The maximum atomic E-state index is 12.1. The molecule has 1 aliphatic heterocycles. The fraction of sp³-hybridized carbons (Fsp3) is 0.316. The zero-order valence-corrected chi connectivity index (χ0v) is 16.6. The van der Waals surface area contributed by atoms with E-state index in [0.29, 0.717) is 21.0 Å². The number of halogens is 1. The van der Waals surface area contributed by atoms with Gasteiger partial charge < -0.3 is 10.1 Å². The largest absolute Gasteiger partial charge is 0.484 e. The summed E-state index contributed by atoms with van der Waals surface area (Å²) in [6, 6.07) is 11.8. The molecule has 0 spiro atoms. The first-order valence-electron chi connectivity index (χ1n) is 8.05.